The second kappa shape index (κ2) is 8.48. The molecule has 1 aromatic heterocycles. The van der Waals surface area contributed by atoms with Crippen molar-refractivity contribution in [1.82, 2.24) is 9.55 Å². The second-order valence-electron chi connectivity index (χ2n) is 6.37. The lowest BCUT2D eigenvalue weighted by atomic mass is 10.1. The Labute approximate surface area is 172 Å². The van der Waals surface area contributed by atoms with Gasteiger partial charge in [-0.2, -0.15) is 0 Å². The van der Waals surface area contributed by atoms with Crippen molar-refractivity contribution >= 4 is 33.8 Å². The molecule has 0 aliphatic carbocycles. The van der Waals surface area contributed by atoms with E-state index in [1.807, 2.05) is 24.3 Å². The minimum atomic E-state index is -0.449. The van der Waals surface area contributed by atoms with E-state index >= 15 is 0 Å². The Morgan fingerprint density at radius 1 is 1.14 bits per heavy atom. The van der Waals surface area contributed by atoms with E-state index in [1.54, 1.807) is 31.3 Å². The molecular weight excluding hydrogens is 390 g/mol. The van der Waals surface area contributed by atoms with Crippen molar-refractivity contribution in [3.63, 3.8) is 0 Å². The number of fused-ring (bicyclic) bond motifs is 1. The number of hydrogen-bond acceptors (Lipinski definition) is 6. The number of rotatable bonds is 5. The quantitative estimate of drug-likeness (QED) is 0.639. The number of amides is 1. The summed E-state index contributed by atoms with van der Waals surface area (Å²) in [5.41, 5.74) is 1.44. The molecule has 0 N–H and O–H groups in total. The molecule has 0 bridgehead atoms. The number of ether oxygens (including phenoxy) is 1. The van der Waals surface area contributed by atoms with Crippen LogP contribution in [0.1, 0.15) is 18.8 Å². The van der Waals surface area contributed by atoms with Crippen LogP contribution in [-0.4, -0.2) is 25.9 Å². The van der Waals surface area contributed by atoms with E-state index in [9.17, 15) is 14.7 Å². The Morgan fingerprint density at radius 3 is 2.55 bits per heavy atom. The predicted octanol–water partition coefficient (Wildman–Crippen LogP) is 2.05. The summed E-state index contributed by atoms with van der Waals surface area (Å²) in [5, 5.41) is 10.9. The zero-order chi connectivity index (χ0) is 19.7. The standard InChI is InChI=1S/C20H17N3O4S.CH4/c1-23-17(21-15-5-3-2-4-14(15)19(23)25)11-27-13-8-6-12(7-9-13)10-16-18(24)22-20(26)28-16;/h2-9,16H,10-11H2,1H3,(H,22,24,26);1H4/p-1. The summed E-state index contributed by atoms with van der Waals surface area (Å²) < 4.78 is 7.26. The Morgan fingerprint density at radius 2 is 1.86 bits per heavy atom. The van der Waals surface area contributed by atoms with E-state index in [0.29, 0.717) is 28.9 Å². The number of para-hydroxylation sites is 1. The first-order valence-corrected chi connectivity index (χ1v) is 9.52. The molecule has 150 valence electrons. The molecule has 0 spiro atoms. The van der Waals surface area contributed by atoms with Crippen LogP contribution in [-0.2, 0) is 24.9 Å². The molecule has 1 aliphatic heterocycles. The summed E-state index contributed by atoms with van der Waals surface area (Å²) in [6, 6.07) is 14.5. The van der Waals surface area contributed by atoms with E-state index in [1.165, 1.54) is 4.57 Å². The number of carbonyl (C=O) groups is 1. The minimum Gasteiger partial charge on any atom is -0.854 e. The third kappa shape index (κ3) is 4.32. The normalized spacial score (nSPS) is 15.8. The molecular formula is C21H20N3O4S-. The third-order valence-electron chi connectivity index (χ3n) is 4.51. The van der Waals surface area contributed by atoms with E-state index in [2.05, 4.69) is 9.98 Å². The van der Waals surface area contributed by atoms with E-state index in [4.69, 9.17) is 4.74 Å². The predicted molar refractivity (Wildman–Crippen MR) is 112 cm³/mol. The molecule has 0 saturated carbocycles. The van der Waals surface area contributed by atoms with Gasteiger partial charge in [-0.3, -0.25) is 14.2 Å². The number of carbonyl (C=O) groups excluding carboxylic acids is 1. The van der Waals surface area contributed by atoms with Crippen LogP contribution in [0.4, 0.5) is 0 Å². The molecule has 4 rings (SSSR count). The Balaban J connectivity index is 0.00000240. The van der Waals surface area contributed by atoms with Gasteiger partial charge in [0, 0.05) is 12.3 Å². The average molecular weight is 410 g/mol. The lowest BCUT2D eigenvalue weighted by molar-refractivity contribution is -0.205. The summed E-state index contributed by atoms with van der Waals surface area (Å²) in [4.78, 5) is 31.9. The van der Waals surface area contributed by atoms with Gasteiger partial charge in [-0.1, -0.05) is 31.7 Å². The molecule has 1 aliphatic rings. The van der Waals surface area contributed by atoms with Gasteiger partial charge in [0.15, 0.2) is 0 Å². The van der Waals surface area contributed by atoms with Crippen molar-refractivity contribution in [1.29, 1.82) is 0 Å². The maximum absolute atomic E-state index is 12.4. The maximum Gasteiger partial charge on any atom is 0.261 e. The van der Waals surface area contributed by atoms with Crippen molar-refractivity contribution in [3.05, 3.63) is 70.3 Å². The van der Waals surface area contributed by atoms with Crippen molar-refractivity contribution in [2.75, 3.05) is 0 Å². The maximum atomic E-state index is 12.4. The van der Waals surface area contributed by atoms with E-state index in [-0.39, 0.29) is 25.5 Å². The van der Waals surface area contributed by atoms with Crippen molar-refractivity contribution < 1.29 is 14.6 Å². The highest BCUT2D eigenvalue weighted by Crippen LogP contribution is 2.24. The molecule has 2 aromatic carbocycles. The summed E-state index contributed by atoms with van der Waals surface area (Å²) in [6.45, 7) is 0.153. The van der Waals surface area contributed by atoms with Crippen molar-refractivity contribution in [2.45, 2.75) is 25.7 Å². The van der Waals surface area contributed by atoms with Crippen LogP contribution in [0.3, 0.4) is 0 Å². The molecule has 7 nitrogen and oxygen atoms in total. The van der Waals surface area contributed by atoms with Crippen LogP contribution < -0.4 is 15.4 Å². The first kappa shape index (κ1) is 20.6. The molecule has 2 heterocycles. The monoisotopic (exact) mass is 410 g/mol. The van der Waals surface area contributed by atoms with Gasteiger partial charge >= 0.3 is 0 Å². The van der Waals surface area contributed by atoms with Gasteiger partial charge in [0.2, 0.25) is 0 Å². The zero-order valence-electron chi connectivity index (χ0n) is 15.0. The van der Waals surface area contributed by atoms with Crippen LogP contribution in [0, 0.1) is 0 Å². The molecule has 0 saturated heterocycles. The minimum absolute atomic E-state index is 0. The molecule has 0 radical (unpaired) electrons. The fourth-order valence-electron chi connectivity index (χ4n) is 2.97. The molecule has 8 heteroatoms. The van der Waals surface area contributed by atoms with Crippen LogP contribution in [0.25, 0.3) is 10.9 Å². The molecule has 1 amide bonds. The molecule has 29 heavy (non-hydrogen) atoms. The van der Waals surface area contributed by atoms with Gasteiger partial charge in [0.25, 0.3) is 11.5 Å². The number of aliphatic imine (C=N–C) groups is 1. The zero-order valence-corrected chi connectivity index (χ0v) is 15.8. The van der Waals surface area contributed by atoms with Crippen LogP contribution in [0.15, 0.2) is 58.3 Å². The topological polar surface area (TPSA) is 96.6 Å². The second-order valence-corrected chi connectivity index (χ2v) is 7.52. The fourth-order valence-corrected chi connectivity index (χ4v) is 3.78. The highest BCUT2D eigenvalue weighted by atomic mass is 32.2. The number of benzene rings is 2. The lowest BCUT2D eigenvalue weighted by Crippen LogP contribution is -2.23. The van der Waals surface area contributed by atoms with Gasteiger partial charge < -0.3 is 9.84 Å². The highest BCUT2D eigenvalue weighted by molar-refractivity contribution is 8.14. The highest BCUT2D eigenvalue weighted by Gasteiger charge is 2.24. The summed E-state index contributed by atoms with van der Waals surface area (Å²) in [6.07, 6.45) is 0.444. The fraction of sp³-hybridized carbons (Fsp3) is 0.238. The summed E-state index contributed by atoms with van der Waals surface area (Å²) in [5.74, 6) is 0.775. The lowest BCUT2D eigenvalue weighted by Gasteiger charge is -2.12. The van der Waals surface area contributed by atoms with Gasteiger partial charge in [-0.25, -0.2) is 9.98 Å². The average Bonchev–Trinajstić information content (AvgIpc) is 3.01. The van der Waals surface area contributed by atoms with Gasteiger partial charge in [-0.15, -0.1) is 11.8 Å². The third-order valence-corrected chi connectivity index (χ3v) is 5.45. The van der Waals surface area contributed by atoms with Gasteiger partial charge in [-0.05, 0) is 36.2 Å². The number of nitrogens with zero attached hydrogens (tertiary/aromatic N) is 3. The summed E-state index contributed by atoms with van der Waals surface area (Å²) >= 11 is 0.957. The molecule has 1 unspecified atom stereocenters. The molecule has 1 atom stereocenters. The van der Waals surface area contributed by atoms with E-state index in [0.717, 1.165) is 17.3 Å². The Hall–Kier alpha value is -3.13. The van der Waals surface area contributed by atoms with Crippen LogP contribution in [0.5, 0.6) is 5.75 Å². The molecule has 3 aromatic rings. The van der Waals surface area contributed by atoms with Crippen molar-refractivity contribution in [3.8, 4) is 5.75 Å². The van der Waals surface area contributed by atoms with E-state index < -0.39 is 10.5 Å². The van der Waals surface area contributed by atoms with Gasteiger partial charge in [0.1, 0.15) is 18.2 Å². The van der Waals surface area contributed by atoms with Gasteiger partial charge in [0.05, 0.1) is 16.2 Å². The Bertz CT molecular complexity index is 1140. The largest absolute Gasteiger partial charge is 0.854 e. The first-order valence-electron chi connectivity index (χ1n) is 8.64. The summed E-state index contributed by atoms with van der Waals surface area (Å²) in [7, 11) is 1.67. The van der Waals surface area contributed by atoms with Crippen LogP contribution >= 0.6 is 11.8 Å². The smallest absolute Gasteiger partial charge is 0.261 e. The van der Waals surface area contributed by atoms with Crippen molar-refractivity contribution in [2.24, 2.45) is 12.0 Å². The Kier molecular flexibility index (Phi) is 6.03. The number of thioether (sulfide) groups is 1. The SMILES string of the molecule is C.Cn1c(COc2ccc(CC3SC([O-])=NC3=O)cc2)nc2ccccc2c1=O. The molecule has 0 fully saturated rings. The number of aromatic nitrogens is 2. The first-order chi connectivity index (χ1) is 13.5. The number of hydrogen-bond donors (Lipinski definition) is 0. The van der Waals surface area contributed by atoms with Crippen LogP contribution in [0.2, 0.25) is 0 Å².